The molecule has 0 saturated carbocycles. The van der Waals surface area contributed by atoms with Crippen LogP contribution in [0.25, 0.3) is 0 Å². The monoisotopic (exact) mass is 720 g/mol. The van der Waals surface area contributed by atoms with Gasteiger partial charge in [-0.25, -0.2) is 4.79 Å². The molecule has 0 unspecified atom stereocenters. The van der Waals surface area contributed by atoms with Gasteiger partial charge in [-0.3, -0.25) is 4.79 Å². The van der Waals surface area contributed by atoms with Gasteiger partial charge in [-0.2, -0.15) is 0 Å². The van der Waals surface area contributed by atoms with Crippen molar-refractivity contribution < 1.29 is 78.9 Å². The van der Waals surface area contributed by atoms with E-state index in [4.69, 9.17) is 28.4 Å². The maximum absolute atomic E-state index is 12.9. The van der Waals surface area contributed by atoms with E-state index in [0.717, 1.165) is 11.1 Å². The summed E-state index contributed by atoms with van der Waals surface area (Å²) in [5, 5.41) is 82.1. The van der Waals surface area contributed by atoms with Gasteiger partial charge in [-0.15, -0.1) is 0 Å². The van der Waals surface area contributed by atoms with Crippen molar-refractivity contribution in [1.82, 2.24) is 0 Å². The molecule has 3 saturated heterocycles. The molecule has 0 bridgehead atoms. The Bertz CT molecular complexity index is 1520. The lowest BCUT2D eigenvalue weighted by atomic mass is 9.82. The zero-order valence-electron chi connectivity index (χ0n) is 27.8. The van der Waals surface area contributed by atoms with Crippen molar-refractivity contribution in [2.24, 2.45) is 11.8 Å². The predicted octanol–water partition coefficient (Wildman–Crippen LogP) is -1.75. The van der Waals surface area contributed by atoms with Crippen LogP contribution < -0.4 is 0 Å². The number of phenolic OH excluding ortho intramolecular Hbond substituents is 1. The third-order valence-electron chi connectivity index (χ3n) is 10.3. The SMILES string of the molecule is C=C1C(=O)O[C@@H]2[C@H]3C(CO[C@@H]4O[C@H](COC(=O)Cc5ccc(O)cc5)[C@@H](O)[C@H](O)[C@H]4O)=CCC3=C(C)C[C@H](O[C@@H]3O[C@H](CO)[C@@H](O)[C@H](O)[C@H]3O)[C@@H]12. The second-order valence-corrected chi connectivity index (χ2v) is 13.6. The quantitative estimate of drug-likeness (QED) is 0.0758. The number of aliphatic hydroxyl groups is 7. The predicted molar refractivity (Wildman–Crippen MR) is 170 cm³/mol. The van der Waals surface area contributed by atoms with Crippen LogP contribution in [0.3, 0.4) is 0 Å². The fourth-order valence-corrected chi connectivity index (χ4v) is 7.46. The number of rotatable bonds is 10. The second kappa shape index (κ2) is 15.4. The molecule has 0 amide bonds. The minimum Gasteiger partial charge on any atom is -0.508 e. The number of hydrogen-bond donors (Lipinski definition) is 8. The van der Waals surface area contributed by atoms with Gasteiger partial charge < -0.3 is 69.3 Å². The van der Waals surface area contributed by atoms with Gasteiger partial charge in [-0.05, 0) is 43.0 Å². The molecule has 8 N–H and O–H groups in total. The third kappa shape index (κ3) is 7.49. The number of esters is 2. The molecular weight excluding hydrogens is 676 g/mol. The number of fused-ring (bicyclic) bond motifs is 3. The number of carbonyl (C=O) groups excluding carboxylic acids is 2. The molecule has 16 nitrogen and oxygen atoms in total. The lowest BCUT2D eigenvalue weighted by Crippen LogP contribution is -2.60. The summed E-state index contributed by atoms with van der Waals surface area (Å²) >= 11 is 0. The van der Waals surface area contributed by atoms with Crippen LogP contribution in [0.15, 0.2) is 59.2 Å². The first-order chi connectivity index (χ1) is 24.3. The van der Waals surface area contributed by atoms with E-state index in [1.807, 2.05) is 13.0 Å². The number of benzene rings is 1. The molecule has 0 aromatic heterocycles. The summed E-state index contributed by atoms with van der Waals surface area (Å²) in [6.07, 6.45) is -14.3. The Morgan fingerprint density at radius 1 is 0.922 bits per heavy atom. The molecule has 5 aliphatic rings. The Labute approximate surface area is 292 Å². The van der Waals surface area contributed by atoms with E-state index in [1.165, 1.54) is 12.1 Å². The van der Waals surface area contributed by atoms with E-state index in [0.29, 0.717) is 17.6 Å². The summed E-state index contributed by atoms with van der Waals surface area (Å²) in [5.41, 5.74) is 3.19. The number of allylic oxidation sites excluding steroid dienone is 1. The highest BCUT2D eigenvalue weighted by atomic mass is 16.7. The van der Waals surface area contributed by atoms with Crippen LogP contribution in [-0.4, -0.2) is 146 Å². The van der Waals surface area contributed by atoms with Crippen molar-refractivity contribution in [1.29, 1.82) is 0 Å². The van der Waals surface area contributed by atoms with Crippen molar-refractivity contribution in [2.45, 2.75) is 99.8 Å². The van der Waals surface area contributed by atoms with Crippen molar-refractivity contribution in [3.63, 3.8) is 0 Å². The Morgan fingerprint density at radius 3 is 2.25 bits per heavy atom. The largest absolute Gasteiger partial charge is 0.508 e. The molecule has 1 aromatic rings. The van der Waals surface area contributed by atoms with Gasteiger partial charge in [0.2, 0.25) is 0 Å². The average molecular weight is 721 g/mol. The summed E-state index contributed by atoms with van der Waals surface area (Å²) in [5.74, 6) is -2.50. The third-order valence-corrected chi connectivity index (χ3v) is 10.3. The Morgan fingerprint density at radius 2 is 1.57 bits per heavy atom. The van der Waals surface area contributed by atoms with Gasteiger partial charge in [0.15, 0.2) is 12.6 Å². The maximum atomic E-state index is 12.9. The minimum atomic E-state index is -1.69. The molecule has 280 valence electrons. The van der Waals surface area contributed by atoms with Crippen molar-refractivity contribution >= 4 is 11.9 Å². The van der Waals surface area contributed by atoms with Crippen LogP contribution in [0.4, 0.5) is 0 Å². The highest BCUT2D eigenvalue weighted by Gasteiger charge is 2.54. The van der Waals surface area contributed by atoms with Crippen molar-refractivity contribution in [3.8, 4) is 5.75 Å². The lowest BCUT2D eigenvalue weighted by molar-refractivity contribution is -0.314. The van der Waals surface area contributed by atoms with Crippen LogP contribution in [0.2, 0.25) is 0 Å². The second-order valence-electron chi connectivity index (χ2n) is 13.6. The molecule has 14 atom stereocenters. The molecule has 16 heteroatoms. The van der Waals surface area contributed by atoms with Gasteiger partial charge in [0, 0.05) is 11.5 Å². The number of phenols is 1. The number of aliphatic hydroxyl groups excluding tert-OH is 7. The molecule has 1 aromatic carbocycles. The molecular formula is C35H44O16. The number of carbonyl (C=O) groups is 2. The summed E-state index contributed by atoms with van der Waals surface area (Å²) < 4.78 is 34.6. The zero-order chi connectivity index (χ0) is 36.7. The lowest BCUT2D eigenvalue weighted by Gasteiger charge is -2.42. The van der Waals surface area contributed by atoms with E-state index in [9.17, 15) is 50.4 Å². The fraction of sp³-hybridized carbons (Fsp3) is 0.600. The molecule has 3 aliphatic heterocycles. The van der Waals surface area contributed by atoms with Crippen molar-refractivity contribution in [3.05, 3.63) is 64.8 Å². The zero-order valence-corrected chi connectivity index (χ0v) is 27.8. The fourth-order valence-electron chi connectivity index (χ4n) is 7.46. The first-order valence-corrected chi connectivity index (χ1v) is 16.8. The minimum absolute atomic E-state index is 0.0405. The first kappa shape index (κ1) is 37.5. The van der Waals surface area contributed by atoms with Crippen LogP contribution in [0.5, 0.6) is 5.75 Å². The topological polar surface area (TPSA) is 251 Å². The van der Waals surface area contributed by atoms with Crippen LogP contribution >= 0.6 is 0 Å². The smallest absolute Gasteiger partial charge is 0.334 e. The molecule has 0 spiro atoms. The molecule has 3 fully saturated rings. The van der Waals surface area contributed by atoms with E-state index in [1.54, 1.807) is 12.1 Å². The molecule has 6 rings (SSSR count). The van der Waals surface area contributed by atoms with Crippen LogP contribution in [0, 0.1) is 11.8 Å². The maximum Gasteiger partial charge on any atom is 0.334 e. The number of aromatic hydroxyl groups is 1. The summed E-state index contributed by atoms with van der Waals surface area (Å²) in [4.78, 5) is 25.3. The van der Waals surface area contributed by atoms with Gasteiger partial charge in [0.1, 0.15) is 67.3 Å². The highest BCUT2D eigenvalue weighted by molar-refractivity contribution is 5.91. The molecule has 3 heterocycles. The number of hydrogen-bond acceptors (Lipinski definition) is 16. The Hall–Kier alpha value is -3.26. The van der Waals surface area contributed by atoms with E-state index < -0.39 is 111 Å². The standard InChI is InChI=1S/C35H44O16/c1-14-9-20(48-35-31(44)28(41)26(39)21(11-36)49-35)24-15(2)33(45)51-32(24)25-17(5-8-19(14)25)12-47-34-30(43)29(42)27(40)22(50-34)13-46-23(38)10-16-3-6-18(37)7-4-16/h3-7,20-22,24-32,34-37,39-44H,2,8-13H2,1H3/t20-,21+,22+,24+,25-,26+,27+,28-,29-,30+,31+,32-,34+,35+/m0/s1. The van der Waals surface area contributed by atoms with Gasteiger partial charge in [0.05, 0.1) is 31.7 Å². The molecule has 0 radical (unpaired) electrons. The Balaban J connectivity index is 1.12. The van der Waals surface area contributed by atoms with E-state index in [2.05, 4.69) is 6.58 Å². The van der Waals surface area contributed by atoms with Crippen LogP contribution in [0.1, 0.15) is 25.3 Å². The van der Waals surface area contributed by atoms with Gasteiger partial charge in [0.25, 0.3) is 0 Å². The van der Waals surface area contributed by atoms with Crippen LogP contribution in [-0.2, 0) is 44.4 Å². The highest BCUT2D eigenvalue weighted by Crippen LogP contribution is 2.50. The summed E-state index contributed by atoms with van der Waals surface area (Å²) in [7, 11) is 0. The van der Waals surface area contributed by atoms with Gasteiger partial charge in [-0.1, -0.05) is 35.9 Å². The first-order valence-electron chi connectivity index (χ1n) is 16.8. The van der Waals surface area contributed by atoms with E-state index in [-0.39, 0.29) is 30.8 Å². The molecule has 2 aliphatic carbocycles. The van der Waals surface area contributed by atoms with Crippen molar-refractivity contribution in [2.75, 3.05) is 19.8 Å². The average Bonchev–Trinajstić information content (AvgIpc) is 3.63. The Kier molecular flexibility index (Phi) is 11.3. The van der Waals surface area contributed by atoms with Gasteiger partial charge >= 0.3 is 11.9 Å². The number of ether oxygens (including phenoxy) is 6. The summed E-state index contributed by atoms with van der Waals surface area (Å²) in [6.45, 7) is 4.60. The van der Waals surface area contributed by atoms with E-state index >= 15 is 0 Å². The normalized spacial score (nSPS) is 39.6. The summed E-state index contributed by atoms with van der Waals surface area (Å²) in [6, 6.07) is 5.96. The molecule has 51 heavy (non-hydrogen) atoms.